The van der Waals surface area contributed by atoms with Crippen LogP contribution in [-0.2, 0) is 9.53 Å². The van der Waals surface area contributed by atoms with Gasteiger partial charge in [-0.1, -0.05) is 13.8 Å². The molecule has 1 fully saturated rings. The molecule has 6 nitrogen and oxygen atoms in total. The van der Waals surface area contributed by atoms with Gasteiger partial charge in [0.1, 0.15) is 18.2 Å². The minimum atomic E-state index is -4.36. The maximum Gasteiger partial charge on any atom is 0.411 e. The van der Waals surface area contributed by atoms with Gasteiger partial charge in [0.05, 0.1) is 13.0 Å². The molecule has 1 aliphatic heterocycles. The molecule has 0 spiro atoms. The topological polar surface area (TPSA) is 58.6 Å². The van der Waals surface area contributed by atoms with Crippen LogP contribution in [0.3, 0.4) is 0 Å². The first-order valence-corrected chi connectivity index (χ1v) is 8.68. The summed E-state index contributed by atoms with van der Waals surface area (Å²) in [6.07, 6.45) is -4.40. The number of amides is 1. The fourth-order valence-electron chi connectivity index (χ4n) is 2.69. The molecule has 1 aromatic heterocycles. The molecule has 0 aliphatic carbocycles. The van der Waals surface area contributed by atoms with Crippen LogP contribution in [0, 0.1) is 6.92 Å². The van der Waals surface area contributed by atoms with Crippen LogP contribution >= 0.6 is 0 Å². The van der Waals surface area contributed by atoms with Gasteiger partial charge in [-0.2, -0.15) is 13.2 Å². The Morgan fingerprint density at radius 1 is 1.23 bits per heavy atom. The zero-order valence-corrected chi connectivity index (χ0v) is 15.3. The number of alkyl halides is 3. The Bertz CT molecular complexity index is 615. The van der Waals surface area contributed by atoms with Crippen LogP contribution in [0.4, 0.5) is 19.0 Å². The Morgan fingerprint density at radius 3 is 2.46 bits per heavy atom. The highest BCUT2D eigenvalue weighted by Crippen LogP contribution is 2.19. The number of halogens is 3. The van der Waals surface area contributed by atoms with E-state index in [-0.39, 0.29) is 24.9 Å². The maximum atomic E-state index is 12.1. The number of nitrogens with zero attached hydrogens (tertiary/aromatic N) is 4. The summed E-state index contributed by atoms with van der Waals surface area (Å²) in [6.45, 7) is 6.74. The normalized spacial score (nSPS) is 15.7. The van der Waals surface area contributed by atoms with Gasteiger partial charge < -0.3 is 14.5 Å². The summed E-state index contributed by atoms with van der Waals surface area (Å²) in [5.74, 6) is 1.68. The Labute approximate surface area is 151 Å². The van der Waals surface area contributed by atoms with E-state index in [1.54, 1.807) is 4.90 Å². The lowest BCUT2D eigenvalue weighted by molar-refractivity contribution is -0.175. The summed E-state index contributed by atoms with van der Waals surface area (Å²) in [4.78, 5) is 24.9. The minimum absolute atomic E-state index is 0.0415. The number of aromatic nitrogens is 2. The summed E-state index contributed by atoms with van der Waals surface area (Å²) in [5, 5.41) is 0. The Morgan fingerprint density at radius 2 is 1.88 bits per heavy atom. The van der Waals surface area contributed by atoms with Gasteiger partial charge in [-0.05, 0) is 6.92 Å². The number of carbonyl (C=O) groups is 1. The Hall–Kier alpha value is -1.90. The second-order valence-electron chi connectivity index (χ2n) is 6.67. The quantitative estimate of drug-likeness (QED) is 0.716. The van der Waals surface area contributed by atoms with Crippen LogP contribution in [0.5, 0.6) is 0 Å². The SMILES string of the molecule is Cc1cc(N2CCN(C(=O)CCOCC(F)(F)F)CC2)nc(C(C)C)n1. The van der Waals surface area contributed by atoms with E-state index in [2.05, 4.69) is 19.6 Å². The molecule has 1 aliphatic rings. The third-order valence-corrected chi connectivity index (χ3v) is 4.06. The van der Waals surface area contributed by atoms with E-state index >= 15 is 0 Å². The molecule has 0 radical (unpaired) electrons. The summed E-state index contributed by atoms with van der Waals surface area (Å²) in [6, 6.07) is 1.92. The lowest BCUT2D eigenvalue weighted by Crippen LogP contribution is -2.49. The van der Waals surface area contributed by atoms with Crippen molar-refractivity contribution in [3.8, 4) is 0 Å². The van der Waals surface area contributed by atoms with Crippen LogP contribution in [0.25, 0.3) is 0 Å². The third-order valence-electron chi connectivity index (χ3n) is 4.06. The number of carbonyl (C=O) groups excluding carboxylic acids is 1. The molecule has 0 bridgehead atoms. The van der Waals surface area contributed by atoms with Gasteiger partial charge in [0.25, 0.3) is 0 Å². The number of rotatable bonds is 6. The average Bonchev–Trinajstić information content (AvgIpc) is 2.57. The fraction of sp³-hybridized carbons (Fsp3) is 0.706. The van der Waals surface area contributed by atoms with E-state index in [0.717, 1.165) is 17.3 Å². The molecule has 26 heavy (non-hydrogen) atoms. The number of anilines is 1. The predicted molar refractivity (Wildman–Crippen MR) is 91.1 cm³/mol. The second kappa shape index (κ2) is 8.66. The molecule has 146 valence electrons. The Balaban J connectivity index is 1.82. The number of aryl methyl sites for hydroxylation is 1. The molecule has 0 N–H and O–H groups in total. The van der Waals surface area contributed by atoms with Crippen molar-refractivity contribution in [1.29, 1.82) is 0 Å². The standard InChI is InChI=1S/C17H25F3N4O2/c1-12(2)16-21-13(3)10-14(22-16)23-5-7-24(8-6-23)15(25)4-9-26-11-17(18,19)20/h10,12H,4-9,11H2,1-3H3. The van der Waals surface area contributed by atoms with Crippen LogP contribution < -0.4 is 4.90 Å². The summed E-state index contributed by atoms with van der Waals surface area (Å²) < 4.78 is 40.5. The van der Waals surface area contributed by atoms with Gasteiger partial charge in [-0.3, -0.25) is 4.79 Å². The molecular weight excluding hydrogens is 349 g/mol. The van der Waals surface area contributed by atoms with Crippen molar-refractivity contribution in [1.82, 2.24) is 14.9 Å². The summed E-state index contributed by atoms with van der Waals surface area (Å²) in [5.41, 5.74) is 0.902. The lowest BCUT2D eigenvalue weighted by Gasteiger charge is -2.35. The van der Waals surface area contributed by atoms with Crippen molar-refractivity contribution in [2.75, 3.05) is 44.3 Å². The molecule has 2 heterocycles. The van der Waals surface area contributed by atoms with Gasteiger partial charge in [0, 0.05) is 43.9 Å². The highest BCUT2D eigenvalue weighted by atomic mass is 19.4. The van der Waals surface area contributed by atoms with Crippen LogP contribution in [0.15, 0.2) is 6.07 Å². The number of hydrogen-bond acceptors (Lipinski definition) is 5. The molecule has 1 saturated heterocycles. The van der Waals surface area contributed by atoms with Gasteiger partial charge in [-0.25, -0.2) is 9.97 Å². The van der Waals surface area contributed by atoms with E-state index in [1.807, 2.05) is 26.8 Å². The minimum Gasteiger partial charge on any atom is -0.372 e. The maximum absolute atomic E-state index is 12.1. The zero-order chi connectivity index (χ0) is 19.3. The Kier molecular flexibility index (Phi) is 6.80. The number of ether oxygens (including phenoxy) is 1. The summed E-state index contributed by atoms with van der Waals surface area (Å²) >= 11 is 0. The molecule has 1 amide bonds. The van der Waals surface area contributed by atoms with E-state index in [1.165, 1.54) is 0 Å². The van der Waals surface area contributed by atoms with Gasteiger partial charge in [-0.15, -0.1) is 0 Å². The zero-order valence-electron chi connectivity index (χ0n) is 15.3. The van der Waals surface area contributed by atoms with E-state index in [9.17, 15) is 18.0 Å². The van der Waals surface area contributed by atoms with Crippen molar-refractivity contribution in [3.63, 3.8) is 0 Å². The average molecular weight is 374 g/mol. The molecule has 2 rings (SSSR count). The van der Waals surface area contributed by atoms with Crippen molar-refractivity contribution in [2.24, 2.45) is 0 Å². The van der Waals surface area contributed by atoms with Crippen molar-refractivity contribution < 1.29 is 22.7 Å². The van der Waals surface area contributed by atoms with Crippen molar-refractivity contribution >= 4 is 11.7 Å². The first-order chi connectivity index (χ1) is 12.2. The van der Waals surface area contributed by atoms with Crippen LogP contribution in [0.1, 0.15) is 37.7 Å². The largest absolute Gasteiger partial charge is 0.411 e. The van der Waals surface area contributed by atoms with Crippen LogP contribution in [0.2, 0.25) is 0 Å². The van der Waals surface area contributed by atoms with E-state index in [4.69, 9.17) is 0 Å². The molecule has 0 aromatic carbocycles. The molecule has 0 unspecified atom stereocenters. The van der Waals surface area contributed by atoms with Gasteiger partial charge >= 0.3 is 6.18 Å². The fourth-order valence-corrected chi connectivity index (χ4v) is 2.69. The molecule has 1 aromatic rings. The van der Waals surface area contributed by atoms with Crippen LogP contribution in [-0.4, -0.2) is 66.3 Å². The molecule has 0 saturated carbocycles. The number of piperazine rings is 1. The predicted octanol–water partition coefficient (Wildman–Crippen LogP) is 2.53. The van der Waals surface area contributed by atoms with E-state index < -0.39 is 12.8 Å². The van der Waals surface area contributed by atoms with Gasteiger partial charge in [0.2, 0.25) is 5.91 Å². The van der Waals surface area contributed by atoms with Crippen molar-refractivity contribution in [2.45, 2.75) is 39.3 Å². The third kappa shape index (κ3) is 6.12. The van der Waals surface area contributed by atoms with E-state index in [0.29, 0.717) is 26.2 Å². The highest BCUT2D eigenvalue weighted by molar-refractivity contribution is 5.76. The highest BCUT2D eigenvalue weighted by Gasteiger charge is 2.28. The molecule has 0 atom stereocenters. The smallest absolute Gasteiger partial charge is 0.372 e. The molecule has 9 heteroatoms. The first-order valence-electron chi connectivity index (χ1n) is 8.68. The van der Waals surface area contributed by atoms with Gasteiger partial charge in [0.15, 0.2) is 0 Å². The molecular formula is C17H25F3N4O2. The van der Waals surface area contributed by atoms with Crippen molar-refractivity contribution in [3.05, 3.63) is 17.6 Å². The number of hydrogen-bond donors (Lipinski definition) is 0. The summed E-state index contributed by atoms with van der Waals surface area (Å²) in [7, 11) is 0. The monoisotopic (exact) mass is 374 g/mol. The first kappa shape index (κ1) is 20.4. The lowest BCUT2D eigenvalue weighted by atomic mass is 10.2. The second-order valence-corrected chi connectivity index (χ2v) is 6.67.